The number of hydrogen-bond donors (Lipinski definition) is 1. The average molecular weight is 419 g/mol. The molecule has 0 bridgehead atoms. The van der Waals surface area contributed by atoms with Gasteiger partial charge in [-0.2, -0.15) is 5.10 Å². The third kappa shape index (κ3) is 4.85. The fourth-order valence-corrected chi connectivity index (χ4v) is 3.03. The van der Waals surface area contributed by atoms with Gasteiger partial charge in [-0.05, 0) is 47.5 Å². The molecule has 0 atom stereocenters. The van der Waals surface area contributed by atoms with E-state index in [1.165, 1.54) is 6.33 Å². The van der Waals surface area contributed by atoms with Gasteiger partial charge in [-0.25, -0.2) is 9.67 Å². The minimum absolute atomic E-state index is 0.193. The normalized spacial score (nSPS) is 10.6. The molecule has 1 heterocycles. The lowest BCUT2D eigenvalue weighted by molar-refractivity contribution is 0.0946. The Morgan fingerprint density at radius 2 is 1.70 bits per heavy atom. The van der Waals surface area contributed by atoms with E-state index in [0.717, 1.165) is 16.8 Å². The summed E-state index contributed by atoms with van der Waals surface area (Å²) in [5.74, 6) is 0.341. The second-order valence-corrected chi connectivity index (χ2v) is 7.04. The predicted molar refractivity (Wildman–Crippen MR) is 115 cm³/mol. The number of carbonyl (C=O) groups excluding carboxylic acids is 1. The van der Waals surface area contributed by atoms with Gasteiger partial charge >= 0.3 is 0 Å². The maximum atomic E-state index is 12.7. The highest BCUT2D eigenvalue weighted by Gasteiger charge is 2.12. The summed E-state index contributed by atoms with van der Waals surface area (Å²) in [6.45, 7) is 0.757. The fraction of sp³-hybridized carbons (Fsp3) is 0.0870. The Labute approximate surface area is 179 Å². The first kappa shape index (κ1) is 19.7. The molecular formula is C23H19ClN4O2. The number of para-hydroxylation sites is 1. The average Bonchev–Trinajstić information content (AvgIpc) is 3.33. The summed E-state index contributed by atoms with van der Waals surface area (Å²) in [7, 11) is 0. The Morgan fingerprint density at radius 3 is 2.43 bits per heavy atom. The third-order valence-electron chi connectivity index (χ3n) is 4.51. The van der Waals surface area contributed by atoms with Gasteiger partial charge in [0.1, 0.15) is 25.0 Å². The van der Waals surface area contributed by atoms with Crippen LogP contribution >= 0.6 is 11.6 Å². The fourth-order valence-electron chi connectivity index (χ4n) is 2.91. The number of hydrogen-bond acceptors (Lipinski definition) is 4. The van der Waals surface area contributed by atoms with Gasteiger partial charge in [-0.1, -0.05) is 48.0 Å². The van der Waals surface area contributed by atoms with Gasteiger partial charge in [-0.15, -0.1) is 0 Å². The van der Waals surface area contributed by atoms with Crippen molar-refractivity contribution in [1.82, 2.24) is 20.1 Å². The monoisotopic (exact) mass is 418 g/mol. The third-order valence-corrected chi connectivity index (χ3v) is 4.76. The number of rotatable bonds is 7. The smallest absolute Gasteiger partial charge is 0.255 e. The molecule has 1 N–H and O–H groups in total. The summed E-state index contributed by atoms with van der Waals surface area (Å²) in [6, 6.07) is 22.4. The molecule has 0 aliphatic carbocycles. The highest BCUT2D eigenvalue weighted by molar-refractivity contribution is 6.30. The van der Waals surface area contributed by atoms with Crippen LogP contribution in [-0.4, -0.2) is 20.7 Å². The molecule has 4 rings (SSSR count). The summed E-state index contributed by atoms with van der Waals surface area (Å²) in [5.41, 5.74) is 3.35. The molecule has 150 valence electrons. The molecule has 0 unspecified atom stereocenters. The lowest BCUT2D eigenvalue weighted by atomic mass is 10.1. The van der Waals surface area contributed by atoms with Crippen molar-refractivity contribution < 1.29 is 9.53 Å². The first-order valence-electron chi connectivity index (χ1n) is 9.37. The van der Waals surface area contributed by atoms with Crippen molar-refractivity contribution in [2.24, 2.45) is 0 Å². The van der Waals surface area contributed by atoms with E-state index in [2.05, 4.69) is 15.4 Å². The number of aromatic nitrogens is 3. The van der Waals surface area contributed by atoms with Gasteiger partial charge in [0.25, 0.3) is 5.91 Å². The lowest BCUT2D eigenvalue weighted by Crippen LogP contribution is -2.23. The number of amides is 1. The number of benzene rings is 3. The van der Waals surface area contributed by atoms with Gasteiger partial charge in [0.15, 0.2) is 0 Å². The zero-order valence-corrected chi connectivity index (χ0v) is 16.8. The van der Waals surface area contributed by atoms with Crippen LogP contribution in [0.5, 0.6) is 5.75 Å². The van der Waals surface area contributed by atoms with Crippen molar-refractivity contribution in [3.63, 3.8) is 0 Å². The van der Waals surface area contributed by atoms with E-state index in [0.29, 0.717) is 29.5 Å². The minimum Gasteiger partial charge on any atom is -0.488 e. The Kier molecular flexibility index (Phi) is 6.06. The molecule has 0 saturated carbocycles. The molecule has 0 aliphatic rings. The molecule has 4 aromatic rings. The van der Waals surface area contributed by atoms with E-state index in [-0.39, 0.29) is 5.91 Å². The van der Waals surface area contributed by atoms with Crippen LogP contribution in [0.15, 0.2) is 85.5 Å². The first-order chi connectivity index (χ1) is 14.7. The van der Waals surface area contributed by atoms with E-state index in [1.54, 1.807) is 23.1 Å². The van der Waals surface area contributed by atoms with E-state index < -0.39 is 0 Å². The van der Waals surface area contributed by atoms with E-state index in [4.69, 9.17) is 16.3 Å². The Balaban J connectivity index is 1.38. The zero-order valence-electron chi connectivity index (χ0n) is 16.0. The molecule has 1 aromatic heterocycles. The predicted octanol–water partition coefficient (Wildman–Crippen LogP) is 4.43. The molecule has 0 spiro atoms. The maximum Gasteiger partial charge on any atom is 0.255 e. The summed E-state index contributed by atoms with van der Waals surface area (Å²) in [6.07, 6.45) is 3.12. The molecule has 0 fully saturated rings. The van der Waals surface area contributed by atoms with Crippen molar-refractivity contribution >= 4 is 17.5 Å². The van der Waals surface area contributed by atoms with Crippen molar-refractivity contribution in [2.45, 2.75) is 13.2 Å². The van der Waals surface area contributed by atoms with Crippen molar-refractivity contribution in [3.05, 3.63) is 107 Å². The molecule has 7 heteroatoms. The maximum absolute atomic E-state index is 12.7. The van der Waals surface area contributed by atoms with Gasteiger partial charge in [0.05, 0.1) is 11.3 Å². The number of nitrogens with zero attached hydrogens (tertiary/aromatic N) is 3. The summed E-state index contributed by atoms with van der Waals surface area (Å²) >= 11 is 5.91. The van der Waals surface area contributed by atoms with Crippen LogP contribution < -0.4 is 10.1 Å². The molecule has 6 nitrogen and oxygen atoms in total. The molecule has 1 amide bonds. The van der Waals surface area contributed by atoms with Gasteiger partial charge in [0.2, 0.25) is 0 Å². The number of carbonyl (C=O) groups is 1. The molecular weight excluding hydrogens is 400 g/mol. The molecule has 0 radical (unpaired) electrons. The van der Waals surface area contributed by atoms with E-state index in [1.807, 2.05) is 60.7 Å². The number of ether oxygens (including phenoxy) is 1. The molecule has 30 heavy (non-hydrogen) atoms. The second kappa shape index (κ2) is 9.24. The largest absolute Gasteiger partial charge is 0.488 e. The lowest BCUT2D eigenvalue weighted by Gasteiger charge is -2.12. The second-order valence-electron chi connectivity index (χ2n) is 6.60. The molecule has 0 saturated heterocycles. The standard InChI is InChI=1S/C23H19ClN4O2/c24-19-9-5-18(6-10-19)14-30-22-4-2-1-3-21(22)23(29)26-13-17-7-11-20(12-8-17)28-16-25-15-27-28/h1-12,15-16H,13-14H2,(H,26,29). The van der Waals surface area contributed by atoms with Crippen LogP contribution in [0.25, 0.3) is 5.69 Å². The van der Waals surface area contributed by atoms with E-state index in [9.17, 15) is 4.79 Å². The van der Waals surface area contributed by atoms with Crippen LogP contribution in [-0.2, 0) is 13.2 Å². The quantitative estimate of drug-likeness (QED) is 0.482. The van der Waals surface area contributed by atoms with Crippen LogP contribution in [0.3, 0.4) is 0 Å². The minimum atomic E-state index is -0.193. The Hall–Kier alpha value is -3.64. The van der Waals surface area contributed by atoms with E-state index >= 15 is 0 Å². The number of halogens is 1. The van der Waals surface area contributed by atoms with Crippen LogP contribution in [0.2, 0.25) is 5.02 Å². The highest BCUT2D eigenvalue weighted by atomic mass is 35.5. The van der Waals surface area contributed by atoms with Crippen molar-refractivity contribution in [3.8, 4) is 11.4 Å². The molecule has 0 aliphatic heterocycles. The van der Waals surface area contributed by atoms with Crippen LogP contribution in [0.1, 0.15) is 21.5 Å². The topological polar surface area (TPSA) is 69.0 Å². The Bertz CT molecular complexity index is 1110. The van der Waals surface area contributed by atoms with Crippen LogP contribution in [0, 0.1) is 0 Å². The summed E-state index contributed by atoms with van der Waals surface area (Å²) in [4.78, 5) is 16.7. The molecule has 3 aromatic carbocycles. The van der Waals surface area contributed by atoms with Crippen molar-refractivity contribution in [2.75, 3.05) is 0 Å². The first-order valence-corrected chi connectivity index (χ1v) is 9.75. The van der Waals surface area contributed by atoms with Crippen LogP contribution in [0.4, 0.5) is 0 Å². The van der Waals surface area contributed by atoms with Crippen molar-refractivity contribution in [1.29, 1.82) is 0 Å². The van der Waals surface area contributed by atoms with Gasteiger partial charge < -0.3 is 10.1 Å². The number of nitrogens with one attached hydrogen (secondary N) is 1. The summed E-state index contributed by atoms with van der Waals surface area (Å²) < 4.78 is 7.55. The SMILES string of the molecule is O=C(NCc1ccc(-n2cncn2)cc1)c1ccccc1OCc1ccc(Cl)cc1. The van der Waals surface area contributed by atoms with Gasteiger partial charge in [0, 0.05) is 11.6 Å². The highest BCUT2D eigenvalue weighted by Crippen LogP contribution is 2.20. The summed E-state index contributed by atoms with van der Waals surface area (Å²) in [5, 5.41) is 7.72. The Morgan fingerprint density at radius 1 is 0.967 bits per heavy atom. The zero-order chi connectivity index (χ0) is 20.8. The van der Waals surface area contributed by atoms with Gasteiger partial charge in [-0.3, -0.25) is 4.79 Å².